The number of aromatic nitrogens is 1. The number of benzene rings is 1. The molecular weight excluding hydrogens is 398 g/mol. The first-order valence-electron chi connectivity index (χ1n) is 10.6. The van der Waals surface area contributed by atoms with E-state index in [9.17, 15) is 9.59 Å². The van der Waals surface area contributed by atoms with Gasteiger partial charge in [-0.1, -0.05) is 0 Å². The third-order valence-corrected chi connectivity index (χ3v) is 6.77. The van der Waals surface area contributed by atoms with E-state index in [1.54, 1.807) is 37.5 Å². The molecule has 0 bridgehead atoms. The minimum Gasteiger partial charge on any atom is -0.493 e. The summed E-state index contributed by atoms with van der Waals surface area (Å²) in [7, 11) is 2.01. The second-order valence-electron chi connectivity index (χ2n) is 8.31. The number of hydrogen-bond acceptors (Lipinski definition) is 6. The summed E-state index contributed by atoms with van der Waals surface area (Å²) in [5, 5.41) is 8.99. The minimum atomic E-state index is -1.36. The summed E-state index contributed by atoms with van der Waals surface area (Å²) in [6.45, 7) is 3.91. The molecule has 0 radical (unpaired) electrons. The number of piperidine rings is 1. The molecule has 164 valence electrons. The molecule has 0 spiro atoms. The van der Waals surface area contributed by atoms with E-state index in [1.807, 2.05) is 19.2 Å². The van der Waals surface area contributed by atoms with Crippen LogP contribution >= 0.6 is 0 Å². The first kappa shape index (κ1) is 21.1. The highest BCUT2D eigenvalue weighted by Gasteiger charge is 2.48. The monoisotopic (exact) mass is 426 g/mol. The van der Waals surface area contributed by atoms with E-state index in [1.165, 1.54) is 0 Å². The molecule has 2 aliphatic rings. The van der Waals surface area contributed by atoms with Crippen molar-refractivity contribution in [3.8, 4) is 11.5 Å². The number of rotatable bonds is 4. The highest BCUT2D eigenvalue weighted by molar-refractivity contribution is 5.67. The quantitative estimate of drug-likeness (QED) is 0.454. The van der Waals surface area contributed by atoms with E-state index in [0.29, 0.717) is 18.8 Å². The lowest BCUT2D eigenvalue weighted by atomic mass is 9.90. The molecule has 31 heavy (non-hydrogen) atoms. The van der Waals surface area contributed by atoms with E-state index in [4.69, 9.17) is 14.6 Å². The first-order valence-corrected chi connectivity index (χ1v) is 10.6. The van der Waals surface area contributed by atoms with Gasteiger partial charge in [0.15, 0.2) is 0 Å². The van der Waals surface area contributed by atoms with Crippen LogP contribution in [-0.2, 0) is 4.79 Å². The Balaban J connectivity index is 1.61. The molecule has 2 aromatic rings. The number of pyridine rings is 1. The van der Waals surface area contributed by atoms with E-state index in [0.717, 1.165) is 37.2 Å². The molecular formula is C23H28N3O5+. The Labute approximate surface area is 181 Å². The molecule has 0 saturated carbocycles. The number of hydrogen-bond donors (Lipinski definition) is 1. The molecule has 1 N–H and O–H groups in total. The zero-order valence-electron chi connectivity index (χ0n) is 17.9. The second kappa shape index (κ2) is 8.55. The van der Waals surface area contributed by atoms with E-state index in [-0.39, 0.29) is 28.2 Å². The van der Waals surface area contributed by atoms with Gasteiger partial charge in [-0.3, -0.25) is 9.47 Å². The Morgan fingerprint density at radius 2 is 1.87 bits per heavy atom. The van der Waals surface area contributed by atoms with Crippen LogP contribution in [0.3, 0.4) is 0 Å². The van der Waals surface area contributed by atoms with Crippen LogP contribution in [0, 0.1) is 0 Å². The predicted octanol–water partition coefficient (Wildman–Crippen LogP) is 3.62. The van der Waals surface area contributed by atoms with Crippen LogP contribution in [-0.4, -0.2) is 59.4 Å². The summed E-state index contributed by atoms with van der Waals surface area (Å²) in [5.41, 5.74) is 1.98. The molecule has 1 fully saturated rings. The van der Waals surface area contributed by atoms with Gasteiger partial charge in [0.2, 0.25) is 0 Å². The van der Waals surface area contributed by atoms with Crippen molar-refractivity contribution in [1.29, 1.82) is 0 Å². The van der Waals surface area contributed by atoms with Crippen molar-refractivity contribution in [2.24, 2.45) is 0 Å². The molecule has 8 nitrogen and oxygen atoms in total. The maximum absolute atomic E-state index is 13.1. The van der Waals surface area contributed by atoms with Gasteiger partial charge in [-0.2, -0.15) is 0 Å². The Morgan fingerprint density at radius 1 is 1.16 bits per heavy atom. The summed E-state index contributed by atoms with van der Waals surface area (Å²) in [5.74, 6) is 1.03. The molecule has 1 amide bonds. The van der Waals surface area contributed by atoms with Gasteiger partial charge < -0.3 is 19.5 Å². The van der Waals surface area contributed by atoms with Gasteiger partial charge >= 0.3 is 12.1 Å². The summed E-state index contributed by atoms with van der Waals surface area (Å²) in [4.78, 5) is 30.5. The van der Waals surface area contributed by atoms with Crippen molar-refractivity contribution >= 4 is 17.7 Å². The molecule has 2 atom stereocenters. The lowest BCUT2D eigenvalue weighted by Crippen LogP contribution is -2.61. The van der Waals surface area contributed by atoms with Crippen LogP contribution in [0.25, 0.3) is 0 Å². The number of ether oxygens (including phenoxy) is 2. The third-order valence-electron chi connectivity index (χ3n) is 6.77. The summed E-state index contributed by atoms with van der Waals surface area (Å²) in [6.07, 6.45) is 4.69. The van der Waals surface area contributed by atoms with Gasteiger partial charge in [-0.25, -0.2) is 9.59 Å². The van der Waals surface area contributed by atoms with Crippen molar-refractivity contribution in [3.63, 3.8) is 0 Å². The molecule has 2 aliphatic heterocycles. The standard InChI is InChI=1S/C23H27N3O5/c1-16(27)26(2,18-7-12-25(13-8-18)17-5-10-24-11-6-17)21-9-14-30-22-4-3-19(15-20(21)22)31-23(28)29/h3-6,10-11,15,18,21H,7-9,12-14H2,1-2H3/p+1. The van der Waals surface area contributed by atoms with Crippen molar-refractivity contribution in [3.05, 3.63) is 48.3 Å². The molecule has 0 aliphatic carbocycles. The molecule has 1 aromatic heterocycles. The lowest BCUT2D eigenvalue weighted by molar-refractivity contribution is -0.892. The zero-order valence-corrected chi connectivity index (χ0v) is 17.9. The SMILES string of the molecule is CC(=O)[N+](C)(C1CCN(c2ccncc2)CC1)C1CCOc2ccc(OC(=O)O)cc21. The molecule has 3 heterocycles. The number of amides is 1. The average Bonchev–Trinajstić information content (AvgIpc) is 2.78. The number of fused-ring (bicyclic) bond motifs is 1. The molecule has 8 heteroatoms. The van der Waals surface area contributed by atoms with Gasteiger partial charge in [-0.05, 0) is 30.3 Å². The number of nitrogens with zero attached hydrogens (tertiary/aromatic N) is 3. The molecule has 2 unspecified atom stereocenters. The lowest BCUT2D eigenvalue weighted by Gasteiger charge is -2.48. The fourth-order valence-electron chi connectivity index (χ4n) is 5.02. The number of anilines is 1. The largest absolute Gasteiger partial charge is 0.511 e. The van der Waals surface area contributed by atoms with Gasteiger partial charge in [0.1, 0.15) is 17.5 Å². The Bertz CT molecular complexity index is 959. The fourth-order valence-corrected chi connectivity index (χ4v) is 5.02. The summed E-state index contributed by atoms with van der Waals surface area (Å²) in [6, 6.07) is 9.10. The van der Waals surface area contributed by atoms with Crippen molar-refractivity contribution in [2.45, 2.75) is 38.3 Å². The van der Waals surface area contributed by atoms with E-state index >= 15 is 0 Å². The molecule has 4 rings (SSSR count). The van der Waals surface area contributed by atoms with Crippen LogP contribution in [0.15, 0.2) is 42.7 Å². The van der Waals surface area contributed by atoms with Gasteiger partial charge in [0.25, 0.3) is 0 Å². The fraction of sp³-hybridized carbons (Fsp3) is 0.435. The summed E-state index contributed by atoms with van der Waals surface area (Å²) < 4.78 is 11.0. The Hall–Kier alpha value is -3.13. The predicted molar refractivity (Wildman–Crippen MR) is 114 cm³/mol. The van der Waals surface area contributed by atoms with Crippen LogP contribution in [0.5, 0.6) is 11.5 Å². The van der Waals surface area contributed by atoms with Crippen molar-refractivity contribution in [2.75, 3.05) is 31.6 Å². The van der Waals surface area contributed by atoms with Gasteiger partial charge in [0.05, 0.1) is 32.2 Å². The van der Waals surface area contributed by atoms with Crippen molar-refractivity contribution in [1.82, 2.24) is 4.98 Å². The minimum absolute atomic E-state index is 0.102. The maximum Gasteiger partial charge on any atom is 0.511 e. The third kappa shape index (κ3) is 4.07. The van der Waals surface area contributed by atoms with Gasteiger partial charge in [0, 0.05) is 50.4 Å². The first-order chi connectivity index (χ1) is 14.9. The van der Waals surface area contributed by atoms with Crippen LogP contribution < -0.4 is 14.4 Å². The summed E-state index contributed by atoms with van der Waals surface area (Å²) >= 11 is 0. The number of carbonyl (C=O) groups is 2. The highest BCUT2D eigenvalue weighted by atomic mass is 16.7. The van der Waals surface area contributed by atoms with Crippen LogP contribution in [0.2, 0.25) is 0 Å². The molecule has 1 saturated heterocycles. The highest BCUT2D eigenvalue weighted by Crippen LogP contribution is 2.44. The van der Waals surface area contributed by atoms with Crippen LogP contribution in [0.1, 0.15) is 37.8 Å². The Morgan fingerprint density at radius 3 is 2.52 bits per heavy atom. The smallest absolute Gasteiger partial charge is 0.493 e. The normalized spacial score (nSPS) is 20.8. The number of quaternary nitrogens is 1. The van der Waals surface area contributed by atoms with Crippen LogP contribution in [0.4, 0.5) is 10.5 Å². The van der Waals surface area contributed by atoms with Gasteiger partial charge in [-0.15, -0.1) is 0 Å². The average molecular weight is 426 g/mol. The second-order valence-corrected chi connectivity index (χ2v) is 8.31. The molecule has 1 aromatic carbocycles. The maximum atomic E-state index is 13.1. The topological polar surface area (TPSA) is 89.0 Å². The number of carboxylic acid groups (broad SMARTS) is 1. The zero-order chi connectivity index (χ0) is 22.0. The Kier molecular flexibility index (Phi) is 5.82. The van der Waals surface area contributed by atoms with E-state index in [2.05, 4.69) is 9.88 Å². The van der Waals surface area contributed by atoms with Crippen molar-refractivity contribution < 1.29 is 28.7 Å². The van der Waals surface area contributed by atoms with E-state index < -0.39 is 6.16 Å². The number of carbonyl (C=O) groups excluding carboxylic acids is 1.